The Morgan fingerprint density at radius 3 is 2.09 bits per heavy atom. The summed E-state index contributed by atoms with van der Waals surface area (Å²) in [6.45, 7) is 15.4. The Morgan fingerprint density at radius 1 is 0.721 bits per heavy atom. The fourth-order valence-corrected chi connectivity index (χ4v) is 5.69. The molecule has 1 N–H and O–H groups in total. The summed E-state index contributed by atoms with van der Waals surface area (Å²) in [6, 6.07) is 28.9. The van der Waals surface area contributed by atoms with Gasteiger partial charge in [0.15, 0.2) is 0 Å². The number of pyridine rings is 1. The molecule has 0 aliphatic carbocycles. The minimum Gasteiger partial charge on any atom is -0.507 e. The van der Waals surface area contributed by atoms with E-state index in [1.165, 1.54) is 5.56 Å². The van der Waals surface area contributed by atoms with Crippen molar-refractivity contribution in [1.82, 2.24) is 14.5 Å². The second kappa shape index (κ2) is 11.1. The third-order valence-electron chi connectivity index (χ3n) is 8.18. The molecule has 0 amide bonds. The molecule has 0 bridgehead atoms. The number of aromatic hydroxyl groups is 1. The van der Waals surface area contributed by atoms with Gasteiger partial charge in [-0.15, -0.1) is 34.9 Å². The van der Waals surface area contributed by atoms with Crippen molar-refractivity contribution in [2.45, 2.75) is 59.3 Å². The van der Waals surface area contributed by atoms with Crippen molar-refractivity contribution >= 4 is 21.9 Å². The number of phenols is 1. The van der Waals surface area contributed by atoms with Gasteiger partial charge >= 0.3 is 0 Å². The van der Waals surface area contributed by atoms with E-state index in [1.807, 2.05) is 25.4 Å². The van der Waals surface area contributed by atoms with Crippen LogP contribution in [0.1, 0.15) is 58.2 Å². The van der Waals surface area contributed by atoms with Crippen LogP contribution in [0.15, 0.2) is 79.0 Å². The van der Waals surface area contributed by atoms with Gasteiger partial charge in [0.2, 0.25) is 0 Å². The van der Waals surface area contributed by atoms with E-state index in [4.69, 9.17) is 9.97 Å². The number of rotatable bonds is 3. The number of aromatic nitrogens is 3. The Labute approximate surface area is 269 Å². The summed E-state index contributed by atoms with van der Waals surface area (Å²) in [4.78, 5) is 9.93. The van der Waals surface area contributed by atoms with Crippen LogP contribution in [0, 0.1) is 13.0 Å². The SMILES string of the molecule is Cc1cc(-c2cc(C(C)(C)C)cc3cccnc23)[c-]c(-c2cccc3c2nc(-c2cc(C(C)(C)C)ccc2O)n3C)c1.[Pt]. The van der Waals surface area contributed by atoms with Gasteiger partial charge < -0.3 is 9.67 Å². The average molecular weight is 748 g/mol. The van der Waals surface area contributed by atoms with Crippen molar-refractivity contribution < 1.29 is 26.2 Å². The number of para-hydroxylation sites is 1. The molecular formula is C38H38N3OPt-. The molecular weight excluding hydrogens is 710 g/mol. The maximum absolute atomic E-state index is 10.9. The van der Waals surface area contributed by atoms with Crippen molar-refractivity contribution in [2.75, 3.05) is 0 Å². The van der Waals surface area contributed by atoms with Gasteiger partial charge in [-0.2, -0.15) is 0 Å². The van der Waals surface area contributed by atoms with Gasteiger partial charge in [0, 0.05) is 39.8 Å². The van der Waals surface area contributed by atoms with Crippen LogP contribution in [-0.2, 0) is 38.9 Å². The monoisotopic (exact) mass is 747 g/mol. The first-order chi connectivity index (χ1) is 19.8. The van der Waals surface area contributed by atoms with E-state index < -0.39 is 0 Å². The number of fused-ring (bicyclic) bond motifs is 2. The second-order valence-electron chi connectivity index (χ2n) is 13.5. The number of benzene rings is 4. The number of imidazole rings is 1. The van der Waals surface area contributed by atoms with Crippen LogP contribution >= 0.6 is 0 Å². The van der Waals surface area contributed by atoms with E-state index in [-0.39, 0.29) is 37.6 Å². The molecule has 4 aromatic carbocycles. The Morgan fingerprint density at radius 2 is 1.40 bits per heavy atom. The van der Waals surface area contributed by atoms with Crippen molar-refractivity contribution in [3.05, 3.63) is 102 Å². The van der Waals surface area contributed by atoms with E-state index in [2.05, 4.69) is 114 Å². The summed E-state index contributed by atoms with van der Waals surface area (Å²) in [5, 5.41) is 12.0. The second-order valence-corrected chi connectivity index (χ2v) is 13.5. The first kappa shape index (κ1) is 30.7. The topological polar surface area (TPSA) is 50.9 Å². The molecule has 0 aliphatic rings. The zero-order chi connectivity index (χ0) is 30.0. The number of hydrogen-bond acceptors (Lipinski definition) is 3. The van der Waals surface area contributed by atoms with Gasteiger partial charge in [0.25, 0.3) is 0 Å². The minimum atomic E-state index is -0.0472. The zero-order valence-corrected chi connectivity index (χ0v) is 28.4. The standard InChI is InChI=1S/C38H38N3O.Pt/c1-23-17-25(19-26(18-23)30-22-28(38(5,6)7)20-24-11-10-16-39-34(24)30)29-12-9-13-32-35(29)40-36(41(32)8)31-21-27(37(2,3)4)14-15-33(31)42;/h9-18,20-22,42H,1-8H3;/q-1;. The van der Waals surface area contributed by atoms with Crippen molar-refractivity contribution in [1.29, 1.82) is 0 Å². The van der Waals surface area contributed by atoms with Crippen LogP contribution in [-0.4, -0.2) is 19.6 Å². The molecule has 6 aromatic rings. The summed E-state index contributed by atoms with van der Waals surface area (Å²) in [5.74, 6) is 0.965. The first-order valence-electron chi connectivity index (χ1n) is 14.5. The van der Waals surface area contributed by atoms with Gasteiger partial charge in [-0.3, -0.25) is 4.98 Å². The Kier molecular flexibility index (Phi) is 7.90. The normalized spacial score (nSPS) is 12.1. The molecule has 0 unspecified atom stereocenters. The zero-order valence-electron chi connectivity index (χ0n) is 26.1. The van der Waals surface area contributed by atoms with Crippen molar-refractivity contribution in [3.8, 4) is 39.4 Å². The molecule has 0 radical (unpaired) electrons. The van der Waals surface area contributed by atoms with Crippen LogP contribution in [0.25, 0.3) is 55.6 Å². The van der Waals surface area contributed by atoms with E-state index in [0.29, 0.717) is 0 Å². The third-order valence-corrected chi connectivity index (χ3v) is 8.18. The average Bonchev–Trinajstić information content (AvgIpc) is 3.27. The number of hydrogen-bond donors (Lipinski definition) is 1. The fourth-order valence-electron chi connectivity index (χ4n) is 5.69. The van der Waals surface area contributed by atoms with Crippen LogP contribution in [0.4, 0.5) is 0 Å². The molecule has 0 fully saturated rings. The summed E-state index contributed by atoms with van der Waals surface area (Å²) >= 11 is 0. The summed E-state index contributed by atoms with van der Waals surface area (Å²) in [6.07, 6.45) is 1.86. The summed E-state index contributed by atoms with van der Waals surface area (Å²) in [7, 11) is 2.01. The molecule has 0 saturated heterocycles. The molecule has 0 aliphatic heterocycles. The third kappa shape index (κ3) is 5.66. The Hall–Kier alpha value is -3.75. The smallest absolute Gasteiger partial charge is 0.143 e. The predicted octanol–water partition coefficient (Wildman–Crippen LogP) is 9.53. The molecule has 6 rings (SSSR count). The van der Waals surface area contributed by atoms with Gasteiger partial charge in [-0.05, 0) is 51.6 Å². The first-order valence-corrected chi connectivity index (χ1v) is 14.5. The summed E-state index contributed by atoms with van der Waals surface area (Å²) < 4.78 is 2.07. The van der Waals surface area contributed by atoms with Gasteiger partial charge in [-0.1, -0.05) is 96.0 Å². The number of phenolic OH excluding ortho intramolecular Hbond substituents is 1. The Bertz CT molecular complexity index is 1990. The Balaban J connectivity index is 0.00000368. The predicted molar refractivity (Wildman–Crippen MR) is 175 cm³/mol. The van der Waals surface area contributed by atoms with Gasteiger partial charge in [0.05, 0.1) is 16.6 Å². The van der Waals surface area contributed by atoms with Crippen LogP contribution in [0.5, 0.6) is 5.75 Å². The molecule has 0 saturated carbocycles. The van der Waals surface area contributed by atoms with Crippen molar-refractivity contribution in [2.24, 2.45) is 7.05 Å². The van der Waals surface area contributed by atoms with E-state index in [0.717, 1.165) is 66.7 Å². The van der Waals surface area contributed by atoms with E-state index in [9.17, 15) is 5.11 Å². The molecule has 43 heavy (non-hydrogen) atoms. The quantitative estimate of drug-likeness (QED) is 0.184. The minimum absolute atomic E-state index is 0. The summed E-state index contributed by atoms with van der Waals surface area (Å²) in [5.41, 5.74) is 11.2. The molecule has 2 heterocycles. The van der Waals surface area contributed by atoms with Gasteiger partial charge in [-0.25, -0.2) is 4.98 Å². The molecule has 0 spiro atoms. The van der Waals surface area contributed by atoms with Crippen LogP contribution in [0.3, 0.4) is 0 Å². The number of aryl methyl sites for hydroxylation is 2. The van der Waals surface area contributed by atoms with Crippen LogP contribution < -0.4 is 0 Å². The van der Waals surface area contributed by atoms with E-state index in [1.54, 1.807) is 6.07 Å². The molecule has 0 atom stereocenters. The molecule has 5 heteroatoms. The maximum atomic E-state index is 10.9. The molecule has 4 nitrogen and oxygen atoms in total. The number of nitrogens with zero attached hydrogens (tertiary/aromatic N) is 3. The molecule has 2 aromatic heterocycles. The van der Waals surface area contributed by atoms with E-state index >= 15 is 0 Å². The fraction of sp³-hybridized carbons (Fsp3) is 0.263. The van der Waals surface area contributed by atoms with Crippen molar-refractivity contribution in [3.63, 3.8) is 0 Å². The maximum Gasteiger partial charge on any atom is 0.143 e. The largest absolute Gasteiger partial charge is 0.507 e. The molecule has 222 valence electrons. The van der Waals surface area contributed by atoms with Gasteiger partial charge in [0.1, 0.15) is 11.6 Å². The van der Waals surface area contributed by atoms with Crippen LogP contribution in [0.2, 0.25) is 0 Å².